The van der Waals surface area contributed by atoms with Crippen molar-refractivity contribution in [2.45, 2.75) is 0 Å². The number of carbonyl (C=O) groups is 1. The van der Waals surface area contributed by atoms with Gasteiger partial charge in [-0.25, -0.2) is 4.98 Å². The van der Waals surface area contributed by atoms with E-state index in [9.17, 15) is 4.79 Å². The van der Waals surface area contributed by atoms with Crippen LogP contribution in [0.3, 0.4) is 0 Å². The Labute approximate surface area is 157 Å². The lowest BCUT2D eigenvalue weighted by Crippen LogP contribution is -2.28. The summed E-state index contributed by atoms with van der Waals surface area (Å²) in [6.45, 7) is 0.975. The zero-order chi connectivity index (χ0) is 18.9. The van der Waals surface area contributed by atoms with Gasteiger partial charge in [-0.1, -0.05) is 12.1 Å². The minimum atomic E-state index is -0.156. The molecule has 0 aliphatic carbocycles. The number of hydrogen-bond donors (Lipinski definition) is 3. The maximum atomic E-state index is 12.1. The van der Waals surface area contributed by atoms with Gasteiger partial charge in [-0.2, -0.15) is 0 Å². The molecular formula is C19H20N6O2. The van der Waals surface area contributed by atoms with Crippen molar-refractivity contribution in [2.75, 3.05) is 30.8 Å². The first-order valence-corrected chi connectivity index (χ1v) is 8.42. The van der Waals surface area contributed by atoms with Gasteiger partial charge in [0.25, 0.3) is 5.91 Å². The second-order valence-corrected chi connectivity index (χ2v) is 5.56. The number of methoxy groups -OCH3 is 1. The number of amides is 1. The lowest BCUT2D eigenvalue weighted by molar-refractivity contribution is 0.0955. The lowest BCUT2D eigenvalue weighted by Gasteiger charge is -2.09. The van der Waals surface area contributed by atoms with Crippen LogP contribution in [-0.2, 0) is 0 Å². The molecule has 0 unspecified atom stereocenters. The summed E-state index contributed by atoms with van der Waals surface area (Å²) >= 11 is 0. The van der Waals surface area contributed by atoms with Crippen LogP contribution in [0.4, 0.5) is 17.5 Å². The second-order valence-electron chi connectivity index (χ2n) is 5.56. The van der Waals surface area contributed by atoms with Gasteiger partial charge in [0.15, 0.2) is 5.82 Å². The summed E-state index contributed by atoms with van der Waals surface area (Å²) in [6.07, 6.45) is 1.70. The van der Waals surface area contributed by atoms with Gasteiger partial charge < -0.3 is 20.7 Å². The molecule has 1 amide bonds. The molecule has 27 heavy (non-hydrogen) atoms. The fraction of sp³-hybridized carbons (Fsp3) is 0.158. The summed E-state index contributed by atoms with van der Waals surface area (Å²) < 4.78 is 5.12. The van der Waals surface area contributed by atoms with E-state index < -0.39 is 0 Å². The number of ether oxygens (including phenoxy) is 1. The number of nitrogens with zero attached hydrogens (tertiary/aromatic N) is 3. The second kappa shape index (κ2) is 9.14. The predicted octanol–water partition coefficient (Wildman–Crippen LogP) is 2.47. The third-order valence-corrected chi connectivity index (χ3v) is 3.63. The van der Waals surface area contributed by atoms with Crippen LogP contribution in [0.25, 0.3) is 0 Å². The highest BCUT2D eigenvalue weighted by Gasteiger charge is 2.06. The Hall–Kier alpha value is -3.68. The molecule has 0 saturated carbocycles. The minimum absolute atomic E-state index is 0.156. The lowest BCUT2D eigenvalue weighted by atomic mass is 10.2. The third kappa shape index (κ3) is 5.40. The molecule has 3 rings (SSSR count). The van der Waals surface area contributed by atoms with Crippen molar-refractivity contribution in [1.82, 2.24) is 20.5 Å². The van der Waals surface area contributed by atoms with Gasteiger partial charge in [0, 0.05) is 24.8 Å². The fourth-order valence-corrected chi connectivity index (χ4v) is 2.29. The molecule has 8 nitrogen and oxygen atoms in total. The molecule has 0 fully saturated rings. The van der Waals surface area contributed by atoms with E-state index >= 15 is 0 Å². The summed E-state index contributed by atoms with van der Waals surface area (Å²) in [5.74, 6) is 2.42. The fourth-order valence-electron chi connectivity index (χ4n) is 2.29. The van der Waals surface area contributed by atoms with Crippen LogP contribution in [0.15, 0.2) is 60.8 Å². The Bertz CT molecular complexity index is 871. The number of carbonyl (C=O) groups excluding carboxylic acids is 1. The average Bonchev–Trinajstić information content (AvgIpc) is 2.73. The molecule has 2 heterocycles. The Morgan fingerprint density at radius 1 is 0.963 bits per heavy atom. The summed E-state index contributed by atoms with van der Waals surface area (Å²) in [5.41, 5.74) is 0.555. The smallest absolute Gasteiger partial charge is 0.251 e. The van der Waals surface area contributed by atoms with Crippen molar-refractivity contribution in [1.29, 1.82) is 0 Å². The molecule has 138 valence electrons. The van der Waals surface area contributed by atoms with Gasteiger partial charge in [-0.15, -0.1) is 10.2 Å². The van der Waals surface area contributed by atoms with Crippen LogP contribution in [0.1, 0.15) is 10.4 Å². The number of aromatic nitrogens is 3. The van der Waals surface area contributed by atoms with Gasteiger partial charge in [-0.05, 0) is 42.5 Å². The van der Waals surface area contributed by atoms with E-state index in [0.717, 1.165) is 0 Å². The van der Waals surface area contributed by atoms with Crippen LogP contribution in [0.5, 0.6) is 5.75 Å². The summed E-state index contributed by atoms with van der Waals surface area (Å²) in [5, 5.41) is 17.2. The molecule has 0 atom stereocenters. The van der Waals surface area contributed by atoms with Crippen molar-refractivity contribution in [3.63, 3.8) is 0 Å². The van der Waals surface area contributed by atoms with Crippen molar-refractivity contribution >= 4 is 23.4 Å². The highest BCUT2D eigenvalue weighted by molar-refractivity contribution is 5.94. The maximum absolute atomic E-state index is 12.1. The van der Waals surface area contributed by atoms with Crippen molar-refractivity contribution in [3.05, 3.63) is 66.4 Å². The molecule has 3 N–H and O–H groups in total. The normalized spacial score (nSPS) is 10.1. The molecular weight excluding hydrogens is 344 g/mol. The molecule has 2 aromatic heterocycles. The first-order chi connectivity index (χ1) is 13.2. The van der Waals surface area contributed by atoms with Gasteiger partial charge in [0.05, 0.1) is 7.11 Å². The largest absolute Gasteiger partial charge is 0.497 e. The molecule has 0 spiro atoms. The monoisotopic (exact) mass is 364 g/mol. The van der Waals surface area contributed by atoms with Gasteiger partial charge in [0.2, 0.25) is 0 Å². The number of anilines is 3. The van der Waals surface area contributed by atoms with E-state index in [1.807, 2.05) is 24.3 Å². The topological polar surface area (TPSA) is 101 Å². The van der Waals surface area contributed by atoms with Gasteiger partial charge >= 0.3 is 0 Å². The molecule has 3 aromatic rings. The number of benzene rings is 1. The molecule has 0 saturated heterocycles. The highest BCUT2D eigenvalue weighted by atomic mass is 16.5. The first kappa shape index (κ1) is 18.1. The van der Waals surface area contributed by atoms with E-state index in [2.05, 4.69) is 31.1 Å². The number of nitrogens with one attached hydrogen (secondary N) is 3. The standard InChI is InChI=1S/C19H20N6O2/c1-27-15-6-4-5-14(13-15)19(26)22-12-11-21-17-8-9-18(25-24-17)23-16-7-2-3-10-20-16/h2-10,13H,11-12H2,1H3,(H,21,24)(H,22,26)(H,20,23,25). The van der Waals surface area contributed by atoms with Gasteiger partial charge in [0.1, 0.15) is 17.4 Å². The zero-order valence-corrected chi connectivity index (χ0v) is 14.8. The zero-order valence-electron chi connectivity index (χ0n) is 14.8. The third-order valence-electron chi connectivity index (χ3n) is 3.63. The number of hydrogen-bond acceptors (Lipinski definition) is 7. The summed E-state index contributed by atoms with van der Waals surface area (Å²) in [7, 11) is 1.57. The van der Waals surface area contributed by atoms with E-state index in [1.165, 1.54) is 0 Å². The van der Waals surface area contributed by atoms with E-state index in [-0.39, 0.29) is 5.91 Å². The molecule has 1 aromatic carbocycles. The Kier molecular flexibility index (Phi) is 6.13. The van der Waals surface area contributed by atoms with Crippen LogP contribution in [0.2, 0.25) is 0 Å². The molecule has 0 aliphatic heterocycles. The maximum Gasteiger partial charge on any atom is 0.251 e. The summed E-state index contributed by atoms with van der Waals surface area (Å²) in [6, 6.07) is 16.2. The molecule has 0 radical (unpaired) electrons. The molecule has 8 heteroatoms. The quantitative estimate of drug-likeness (QED) is 0.528. The van der Waals surface area contributed by atoms with Crippen LogP contribution in [0, 0.1) is 0 Å². The predicted molar refractivity (Wildman–Crippen MR) is 103 cm³/mol. The van der Waals surface area contributed by atoms with E-state index in [4.69, 9.17) is 4.74 Å². The average molecular weight is 364 g/mol. The Morgan fingerprint density at radius 3 is 2.56 bits per heavy atom. The highest BCUT2D eigenvalue weighted by Crippen LogP contribution is 2.13. The molecule has 0 bridgehead atoms. The Morgan fingerprint density at radius 2 is 1.81 bits per heavy atom. The first-order valence-electron chi connectivity index (χ1n) is 8.42. The number of pyridine rings is 1. The SMILES string of the molecule is COc1cccc(C(=O)NCCNc2ccc(Nc3ccccn3)nn2)c1. The van der Waals surface area contributed by atoms with E-state index in [0.29, 0.717) is 41.9 Å². The summed E-state index contributed by atoms with van der Waals surface area (Å²) in [4.78, 5) is 16.3. The molecule has 0 aliphatic rings. The van der Waals surface area contributed by atoms with Crippen LogP contribution < -0.4 is 20.7 Å². The van der Waals surface area contributed by atoms with Crippen molar-refractivity contribution < 1.29 is 9.53 Å². The Balaban J connectivity index is 1.43. The minimum Gasteiger partial charge on any atom is -0.497 e. The van der Waals surface area contributed by atoms with E-state index in [1.54, 1.807) is 43.6 Å². The van der Waals surface area contributed by atoms with Crippen LogP contribution >= 0.6 is 0 Å². The van der Waals surface area contributed by atoms with Crippen molar-refractivity contribution in [3.8, 4) is 5.75 Å². The van der Waals surface area contributed by atoms with Gasteiger partial charge in [-0.3, -0.25) is 4.79 Å². The van der Waals surface area contributed by atoms with Crippen LogP contribution in [-0.4, -0.2) is 41.3 Å². The number of rotatable bonds is 8. The van der Waals surface area contributed by atoms with Crippen molar-refractivity contribution in [2.24, 2.45) is 0 Å².